The van der Waals surface area contributed by atoms with Gasteiger partial charge < -0.3 is 0 Å². The predicted octanol–water partition coefficient (Wildman–Crippen LogP) is 2.92. The molecule has 0 amide bonds. The maximum Gasteiger partial charge on any atom is 0.140 e. The Morgan fingerprint density at radius 2 is 1.78 bits per heavy atom. The molecule has 0 atom stereocenters. The molecule has 1 saturated heterocycles. The van der Waals surface area contributed by atoms with Crippen molar-refractivity contribution >= 4 is 0 Å². The lowest BCUT2D eigenvalue weighted by atomic mass is 9.79. The summed E-state index contributed by atoms with van der Waals surface area (Å²) in [6.45, 7) is 7.72. The largest absolute Gasteiger partial charge is 0.297 e. The monoisotopic (exact) mass is 319 g/mol. The van der Waals surface area contributed by atoms with Gasteiger partial charge in [-0.1, -0.05) is 25.7 Å². The van der Waals surface area contributed by atoms with Gasteiger partial charge >= 0.3 is 0 Å². The number of likely N-dealkylation sites (N-methyl/N-ethyl adjacent to an activating group) is 1. The van der Waals surface area contributed by atoms with Crippen LogP contribution in [0.4, 0.5) is 0 Å². The molecule has 0 N–H and O–H groups in total. The molecule has 0 radical (unpaired) electrons. The van der Waals surface area contributed by atoms with E-state index in [1.54, 1.807) is 6.33 Å². The Hall–Kier alpha value is -0.940. The topological polar surface area (TPSA) is 37.2 Å². The fraction of sp³-hybridized carbons (Fsp3) is 0.889. The van der Waals surface area contributed by atoms with Crippen molar-refractivity contribution in [3.05, 3.63) is 12.2 Å². The van der Waals surface area contributed by atoms with Crippen molar-refractivity contribution in [1.29, 1.82) is 0 Å². The van der Waals surface area contributed by atoms with Crippen LogP contribution < -0.4 is 0 Å². The molecule has 2 heterocycles. The van der Waals surface area contributed by atoms with Gasteiger partial charge in [-0.15, -0.1) is 0 Å². The Balaban J connectivity index is 1.67. The van der Waals surface area contributed by atoms with Crippen molar-refractivity contribution in [3.63, 3.8) is 0 Å². The van der Waals surface area contributed by atoms with E-state index in [-0.39, 0.29) is 0 Å². The molecule has 2 aliphatic rings. The Bertz CT molecular complexity index is 472. The van der Waals surface area contributed by atoms with Crippen LogP contribution in [-0.2, 0) is 13.1 Å². The number of nitrogens with zero attached hydrogens (tertiary/aromatic N) is 5. The van der Waals surface area contributed by atoms with Crippen molar-refractivity contribution in [2.75, 3.05) is 26.7 Å². The molecule has 1 aromatic rings. The van der Waals surface area contributed by atoms with Gasteiger partial charge in [0, 0.05) is 18.6 Å². The average molecular weight is 319 g/mol. The SMILES string of the molecule is CCn1ncnc1CN(C)CC1(N2CCCCC2)CCCCC1. The van der Waals surface area contributed by atoms with Gasteiger partial charge in [0.2, 0.25) is 0 Å². The van der Waals surface area contributed by atoms with Crippen LogP contribution in [0.5, 0.6) is 0 Å². The van der Waals surface area contributed by atoms with Gasteiger partial charge in [0.25, 0.3) is 0 Å². The second-order valence-corrected chi connectivity index (χ2v) is 7.50. The molecule has 1 aliphatic heterocycles. The highest BCUT2D eigenvalue weighted by Crippen LogP contribution is 2.36. The van der Waals surface area contributed by atoms with Gasteiger partial charge in [-0.2, -0.15) is 5.10 Å². The van der Waals surface area contributed by atoms with Gasteiger partial charge in [0.15, 0.2) is 0 Å². The summed E-state index contributed by atoms with van der Waals surface area (Å²) >= 11 is 0. The lowest BCUT2D eigenvalue weighted by Crippen LogP contribution is -2.57. The number of likely N-dealkylation sites (tertiary alicyclic amines) is 1. The number of hydrogen-bond donors (Lipinski definition) is 0. The number of piperidine rings is 1. The van der Waals surface area contributed by atoms with E-state index < -0.39 is 0 Å². The fourth-order valence-electron chi connectivity index (χ4n) is 4.63. The van der Waals surface area contributed by atoms with Gasteiger partial charge in [-0.25, -0.2) is 9.67 Å². The van der Waals surface area contributed by atoms with Gasteiger partial charge in [0.05, 0.1) is 6.54 Å². The molecular weight excluding hydrogens is 286 g/mol. The number of rotatable bonds is 6. The molecule has 0 unspecified atom stereocenters. The summed E-state index contributed by atoms with van der Waals surface area (Å²) < 4.78 is 2.02. The van der Waals surface area contributed by atoms with Gasteiger partial charge in [-0.05, 0) is 52.7 Å². The van der Waals surface area contributed by atoms with Crippen LogP contribution in [-0.4, -0.2) is 56.8 Å². The quantitative estimate of drug-likeness (QED) is 0.808. The Morgan fingerprint density at radius 3 is 2.48 bits per heavy atom. The fourth-order valence-corrected chi connectivity index (χ4v) is 4.63. The molecular formula is C18H33N5. The molecule has 1 aliphatic carbocycles. The van der Waals surface area contributed by atoms with Gasteiger partial charge in [-0.3, -0.25) is 9.80 Å². The summed E-state index contributed by atoms with van der Waals surface area (Å²) in [5, 5.41) is 4.31. The van der Waals surface area contributed by atoms with Crippen molar-refractivity contribution in [3.8, 4) is 0 Å². The lowest BCUT2D eigenvalue weighted by molar-refractivity contribution is 0.00721. The van der Waals surface area contributed by atoms with E-state index in [0.717, 1.165) is 18.9 Å². The van der Waals surface area contributed by atoms with E-state index in [9.17, 15) is 0 Å². The van der Waals surface area contributed by atoms with Crippen LogP contribution in [0.15, 0.2) is 6.33 Å². The van der Waals surface area contributed by atoms with Crippen LogP contribution in [0.25, 0.3) is 0 Å². The highest BCUT2D eigenvalue weighted by Gasteiger charge is 2.39. The van der Waals surface area contributed by atoms with Crippen molar-refractivity contribution in [2.45, 2.75) is 76.9 Å². The number of aryl methyl sites for hydroxylation is 1. The first-order valence-corrected chi connectivity index (χ1v) is 9.54. The average Bonchev–Trinajstić information content (AvgIpc) is 3.03. The molecule has 1 saturated carbocycles. The van der Waals surface area contributed by atoms with E-state index >= 15 is 0 Å². The smallest absolute Gasteiger partial charge is 0.140 e. The summed E-state index contributed by atoms with van der Waals surface area (Å²) in [6, 6.07) is 0. The van der Waals surface area contributed by atoms with E-state index in [1.807, 2.05) is 4.68 Å². The first kappa shape index (κ1) is 16.9. The molecule has 5 heteroatoms. The third kappa shape index (κ3) is 3.94. The van der Waals surface area contributed by atoms with E-state index in [4.69, 9.17) is 0 Å². The second-order valence-electron chi connectivity index (χ2n) is 7.50. The maximum atomic E-state index is 4.45. The molecule has 1 aromatic heterocycles. The van der Waals surface area contributed by atoms with E-state index in [0.29, 0.717) is 5.54 Å². The Morgan fingerprint density at radius 1 is 1.09 bits per heavy atom. The third-order valence-electron chi connectivity index (χ3n) is 5.78. The molecule has 0 bridgehead atoms. The lowest BCUT2D eigenvalue weighted by Gasteiger charge is -2.50. The summed E-state index contributed by atoms with van der Waals surface area (Å²) in [5.41, 5.74) is 0.407. The number of aromatic nitrogens is 3. The minimum atomic E-state index is 0.407. The van der Waals surface area contributed by atoms with Crippen LogP contribution in [0.3, 0.4) is 0 Å². The molecule has 23 heavy (non-hydrogen) atoms. The predicted molar refractivity (Wildman–Crippen MR) is 93.3 cm³/mol. The van der Waals surface area contributed by atoms with E-state index in [1.165, 1.54) is 71.0 Å². The van der Waals surface area contributed by atoms with Crippen molar-refractivity contribution in [1.82, 2.24) is 24.6 Å². The Kier molecular flexibility index (Phi) is 5.70. The van der Waals surface area contributed by atoms with E-state index in [2.05, 4.69) is 33.9 Å². The zero-order valence-electron chi connectivity index (χ0n) is 15.0. The Labute approximate surface area is 141 Å². The summed E-state index contributed by atoms with van der Waals surface area (Å²) in [6.07, 6.45) is 12.8. The van der Waals surface area contributed by atoms with Crippen LogP contribution >= 0.6 is 0 Å². The van der Waals surface area contributed by atoms with Crippen LogP contribution in [0, 0.1) is 0 Å². The summed E-state index contributed by atoms with van der Waals surface area (Å²) in [4.78, 5) is 9.76. The minimum Gasteiger partial charge on any atom is -0.297 e. The zero-order chi connectivity index (χ0) is 16.1. The standard InChI is InChI=1S/C18H33N5/c1-3-23-17(19-16-20-23)14-21(2)15-18(10-6-4-7-11-18)22-12-8-5-9-13-22/h16H,3-15H2,1-2H3. The van der Waals surface area contributed by atoms with Crippen LogP contribution in [0.2, 0.25) is 0 Å². The van der Waals surface area contributed by atoms with Crippen molar-refractivity contribution < 1.29 is 0 Å². The van der Waals surface area contributed by atoms with Crippen LogP contribution in [0.1, 0.15) is 64.1 Å². The maximum absolute atomic E-state index is 4.45. The first-order valence-electron chi connectivity index (χ1n) is 9.54. The van der Waals surface area contributed by atoms with Crippen molar-refractivity contribution in [2.24, 2.45) is 0 Å². The van der Waals surface area contributed by atoms with Gasteiger partial charge in [0.1, 0.15) is 12.2 Å². The molecule has 3 rings (SSSR count). The summed E-state index contributed by atoms with van der Waals surface area (Å²) in [7, 11) is 2.26. The third-order valence-corrected chi connectivity index (χ3v) is 5.78. The highest BCUT2D eigenvalue weighted by molar-refractivity contribution is 4.97. The number of hydrogen-bond acceptors (Lipinski definition) is 4. The normalized spacial score (nSPS) is 22.6. The molecule has 2 fully saturated rings. The molecule has 5 nitrogen and oxygen atoms in total. The molecule has 130 valence electrons. The summed E-state index contributed by atoms with van der Waals surface area (Å²) in [5.74, 6) is 1.10. The first-order chi connectivity index (χ1) is 11.2. The highest BCUT2D eigenvalue weighted by atomic mass is 15.3. The zero-order valence-corrected chi connectivity index (χ0v) is 15.0. The molecule has 0 aromatic carbocycles. The molecule has 0 spiro atoms. The minimum absolute atomic E-state index is 0.407. The second kappa shape index (κ2) is 7.75.